The lowest BCUT2D eigenvalue weighted by molar-refractivity contribution is -0.128. The molecule has 2 amide bonds. The van der Waals surface area contributed by atoms with Crippen molar-refractivity contribution in [2.75, 3.05) is 32.6 Å². The van der Waals surface area contributed by atoms with Crippen LogP contribution in [0.3, 0.4) is 0 Å². The molecule has 7 heteroatoms. The minimum absolute atomic E-state index is 0.0160. The number of likely N-dealkylation sites (tertiary alicyclic amines) is 1. The molecule has 0 saturated carbocycles. The number of anilines is 1. The van der Waals surface area contributed by atoms with Gasteiger partial charge in [-0.05, 0) is 54.4 Å². The van der Waals surface area contributed by atoms with Crippen LogP contribution in [0.5, 0.6) is 11.5 Å². The Bertz CT molecular complexity index is 1060. The number of nitrogens with one attached hydrogen (secondary N) is 2. The lowest BCUT2D eigenvalue weighted by Crippen LogP contribution is -2.30. The van der Waals surface area contributed by atoms with Crippen LogP contribution >= 0.6 is 0 Å². The van der Waals surface area contributed by atoms with Crippen molar-refractivity contribution < 1.29 is 19.1 Å². The molecule has 0 spiro atoms. The quantitative estimate of drug-likeness (QED) is 0.630. The summed E-state index contributed by atoms with van der Waals surface area (Å²) in [4.78, 5) is 30.1. The van der Waals surface area contributed by atoms with Crippen molar-refractivity contribution >= 4 is 28.4 Å². The number of nitrogens with zero attached hydrogens (tertiary/aromatic N) is 1. The molecule has 2 heterocycles. The predicted octanol–water partition coefficient (Wildman–Crippen LogP) is 3.21. The van der Waals surface area contributed by atoms with E-state index in [4.69, 9.17) is 9.47 Å². The summed E-state index contributed by atoms with van der Waals surface area (Å²) in [5.74, 6) is 1.07. The number of ether oxygens (including phenoxy) is 2. The molecular formula is C23H25N3O4. The molecule has 1 fully saturated rings. The molecule has 0 bridgehead atoms. The van der Waals surface area contributed by atoms with Gasteiger partial charge in [0.15, 0.2) is 0 Å². The Morgan fingerprint density at radius 3 is 2.60 bits per heavy atom. The second kappa shape index (κ2) is 8.49. The number of carbonyl (C=O) groups excluding carboxylic acids is 2. The van der Waals surface area contributed by atoms with Crippen molar-refractivity contribution in [3.8, 4) is 11.5 Å². The van der Waals surface area contributed by atoms with E-state index in [0.717, 1.165) is 28.0 Å². The van der Waals surface area contributed by atoms with E-state index in [-0.39, 0.29) is 24.2 Å². The molecule has 0 radical (unpaired) electrons. The highest BCUT2D eigenvalue weighted by Crippen LogP contribution is 2.26. The number of hydrogen-bond donors (Lipinski definition) is 2. The zero-order valence-corrected chi connectivity index (χ0v) is 17.1. The monoisotopic (exact) mass is 407 g/mol. The average Bonchev–Trinajstić information content (AvgIpc) is 3.35. The van der Waals surface area contributed by atoms with E-state index < -0.39 is 0 Å². The Balaban J connectivity index is 1.36. The Hall–Kier alpha value is -3.48. The number of amides is 2. The standard InChI is InChI=1S/C23H25N3O4/c1-29-18-5-3-17(4-6-18)25-23(28)16-11-22(27)26(14-16)10-9-15-13-24-21-8-7-19(30-2)12-20(15)21/h3-8,12-13,16,24H,9-11,14H2,1-2H3,(H,25,28). The minimum Gasteiger partial charge on any atom is -0.497 e. The first-order valence-corrected chi connectivity index (χ1v) is 9.94. The van der Waals surface area contributed by atoms with E-state index in [2.05, 4.69) is 10.3 Å². The van der Waals surface area contributed by atoms with Crippen LogP contribution in [-0.4, -0.2) is 49.0 Å². The highest BCUT2D eigenvalue weighted by atomic mass is 16.5. The van der Waals surface area contributed by atoms with Gasteiger partial charge in [-0.15, -0.1) is 0 Å². The second-order valence-corrected chi connectivity index (χ2v) is 7.43. The van der Waals surface area contributed by atoms with Gasteiger partial charge in [0.1, 0.15) is 11.5 Å². The first-order valence-electron chi connectivity index (χ1n) is 9.94. The van der Waals surface area contributed by atoms with Crippen LogP contribution in [0, 0.1) is 5.92 Å². The number of hydrogen-bond acceptors (Lipinski definition) is 4. The van der Waals surface area contributed by atoms with Crippen LogP contribution in [0.15, 0.2) is 48.7 Å². The van der Waals surface area contributed by atoms with Crippen molar-refractivity contribution in [3.05, 3.63) is 54.2 Å². The number of aromatic nitrogens is 1. The van der Waals surface area contributed by atoms with Crippen LogP contribution in [-0.2, 0) is 16.0 Å². The van der Waals surface area contributed by atoms with Crippen molar-refractivity contribution in [3.63, 3.8) is 0 Å². The second-order valence-electron chi connectivity index (χ2n) is 7.43. The fourth-order valence-corrected chi connectivity index (χ4v) is 3.83. The van der Waals surface area contributed by atoms with Crippen LogP contribution < -0.4 is 14.8 Å². The summed E-state index contributed by atoms with van der Waals surface area (Å²) in [5.41, 5.74) is 2.86. The Kier molecular flexibility index (Phi) is 5.61. The first kappa shape index (κ1) is 19.8. The summed E-state index contributed by atoms with van der Waals surface area (Å²) in [6.45, 7) is 1.02. The van der Waals surface area contributed by atoms with Crippen LogP contribution in [0.2, 0.25) is 0 Å². The van der Waals surface area contributed by atoms with Crippen molar-refractivity contribution in [2.45, 2.75) is 12.8 Å². The molecule has 1 aliphatic heterocycles. The highest BCUT2D eigenvalue weighted by Gasteiger charge is 2.34. The molecule has 1 aliphatic rings. The average molecular weight is 407 g/mol. The molecule has 30 heavy (non-hydrogen) atoms. The van der Waals surface area contributed by atoms with E-state index >= 15 is 0 Å². The Labute approximate surface area is 175 Å². The largest absolute Gasteiger partial charge is 0.497 e. The van der Waals surface area contributed by atoms with Crippen molar-refractivity contribution in [1.82, 2.24) is 9.88 Å². The number of carbonyl (C=O) groups is 2. The van der Waals surface area contributed by atoms with E-state index in [1.807, 2.05) is 24.4 Å². The number of methoxy groups -OCH3 is 2. The number of aromatic amines is 1. The molecule has 156 valence electrons. The summed E-state index contributed by atoms with van der Waals surface area (Å²) >= 11 is 0. The highest BCUT2D eigenvalue weighted by molar-refractivity contribution is 5.97. The van der Waals surface area contributed by atoms with Gasteiger partial charge in [-0.1, -0.05) is 0 Å². The van der Waals surface area contributed by atoms with E-state index in [0.29, 0.717) is 25.2 Å². The molecule has 1 aromatic heterocycles. The number of fused-ring (bicyclic) bond motifs is 1. The molecular weight excluding hydrogens is 382 g/mol. The maximum Gasteiger partial charge on any atom is 0.229 e. The van der Waals surface area contributed by atoms with E-state index in [1.54, 1.807) is 43.4 Å². The van der Waals surface area contributed by atoms with Gasteiger partial charge in [-0.25, -0.2) is 0 Å². The lowest BCUT2D eigenvalue weighted by Gasteiger charge is -2.16. The van der Waals surface area contributed by atoms with Crippen molar-refractivity contribution in [2.24, 2.45) is 5.92 Å². The summed E-state index contributed by atoms with van der Waals surface area (Å²) in [6, 6.07) is 13.1. The smallest absolute Gasteiger partial charge is 0.229 e. The molecule has 1 saturated heterocycles. The topological polar surface area (TPSA) is 83.7 Å². The molecule has 1 atom stereocenters. The maximum absolute atomic E-state index is 12.6. The molecule has 3 aromatic rings. The maximum atomic E-state index is 12.6. The zero-order valence-electron chi connectivity index (χ0n) is 17.1. The van der Waals surface area contributed by atoms with Gasteiger partial charge in [-0.3, -0.25) is 9.59 Å². The summed E-state index contributed by atoms with van der Waals surface area (Å²) in [5, 5.41) is 3.98. The molecule has 2 N–H and O–H groups in total. The summed E-state index contributed by atoms with van der Waals surface area (Å²) in [7, 11) is 3.24. The molecule has 7 nitrogen and oxygen atoms in total. The number of H-pyrrole nitrogens is 1. The summed E-state index contributed by atoms with van der Waals surface area (Å²) in [6.07, 6.45) is 2.92. The third kappa shape index (κ3) is 4.10. The van der Waals surface area contributed by atoms with Gasteiger partial charge in [0.2, 0.25) is 11.8 Å². The lowest BCUT2D eigenvalue weighted by atomic mass is 10.1. The fraction of sp³-hybridized carbons (Fsp3) is 0.304. The van der Waals surface area contributed by atoms with Gasteiger partial charge in [0.25, 0.3) is 0 Å². The van der Waals surface area contributed by atoms with Crippen LogP contribution in [0.25, 0.3) is 10.9 Å². The molecule has 2 aromatic carbocycles. The van der Waals surface area contributed by atoms with Gasteiger partial charge < -0.3 is 24.7 Å². The molecule has 1 unspecified atom stereocenters. The molecule has 4 rings (SSSR count). The normalized spacial score (nSPS) is 16.1. The number of benzene rings is 2. The first-order chi connectivity index (χ1) is 14.6. The van der Waals surface area contributed by atoms with Crippen LogP contribution in [0.4, 0.5) is 5.69 Å². The Morgan fingerprint density at radius 1 is 1.13 bits per heavy atom. The van der Waals surface area contributed by atoms with Crippen LogP contribution in [0.1, 0.15) is 12.0 Å². The zero-order chi connectivity index (χ0) is 21.1. The van der Waals surface area contributed by atoms with Gasteiger partial charge in [-0.2, -0.15) is 0 Å². The predicted molar refractivity (Wildman–Crippen MR) is 115 cm³/mol. The third-order valence-corrected chi connectivity index (χ3v) is 5.57. The summed E-state index contributed by atoms with van der Waals surface area (Å²) < 4.78 is 10.4. The SMILES string of the molecule is COc1ccc(NC(=O)C2CC(=O)N(CCc3c[nH]c4ccc(OC)cc34)C2)cc1. The fourth-order valence-electron chi connectivity index (χ4n) is 3.83. The van der Waals surface area contributed by atoms with E-state index in [1.165, 1.54) is 0 Å². The van der Waals surface area contributed by atoms with Gasteiger partial charge in [0, 0.05) is 42.3 Å². The van der Waals surface area contributed by atoms with Gasteiger partial charge in [0.05, 0.1) is 20.1 Å². The Morgan fingerprint density at radius 2 is 1.87 bits per heavy atom. The minimum atomic E-state index is -0.345. The van der Waals surface area contributed by atoms with Gasteiger partial charge >= 0.3 is 0 Å². The number of rotatable bonds is 7. The van der Waals surface area contributed by atoms with Crippen molar-refractivity contribution in [1.29, 1.82) is 0 Å². The third-order valence-electron chi connectivity index (χ3n) is 5.57. The van der Waals surface area contributed by atoms with E-state index in [9.17, 15) is 9.59 Å². The molecule has 0 aliphatic carbocycles.